The summed E-state index contributed by atoms with van der Waals surface area (Å²) in [7, 11) is 0. The van der Waals surface area contributed by atoms with E-state index in [2.05, 4.69) is 10.3 Å². The second kappa shape index (κ2) is 5.90. The number of aliphatic carboxylic acids is 1. The molecule has 7 heteroatoms. The van der Waals surface area contributed by atoms with Crippen LogP contribution in [-0.2, 0) is 9.59 Å². The van der Waals surface area contributed by atoms with Crippen LogP contribution in [0.25, 0.3) is 0 Å². The van der Waals surface area contributed by atoms with Gasteiger partial charge in [-0.15, -0.1) is 0 Å². The molecule has 0 radical (unpaired) electrons. The number of nitrogens with two attached hydrogens (primary N) is 1. The van der Waals surface area contributed by atoms with Gasteiger partial charge in [0.2, 0.25) is 5.91 Å². The molecule has 0 aliphatic carbocycles. The number of carboxylic acid groups (broad SMARTS) is 1. The molecule has 0 bridgehead atoms. The van der Waals surface area contributed by atoms with E-state index in [0.717, 1.165) is 12.3 Å². The second-order valence-electron chi connectivity index (χ2n) is 3.42. The number of anilines is 1. The number of pyridine rings is 1. The Hall–Kier alpha value is -2.02. The van der Waals surface area contributed by atoms with Gasteiger partial charge in [-0.05, 0) is 6.42 Å². The van der Waals surface area contributed by atoms with Gasteiger partial charge in [-0.3, -0.25) is 14.6 Å². The van der Waals surface area contributed by atoms with E-state index in [1.807, 2.05) is 0 Å². The molecule has 1 aromatic heterocycles. The van der Waals surface area contributed by atoms with E-state index in [9.17, 15) is 14.0 Å². The molecule has 4 N–H and O–H groups in total. The van der Waals surface area contributed by atoms with Gasteiger partial charge in [-0.25, -0.2) is 4.39 Å². The van der Waals surface area contributed by atoms with Crippen LogP contribution < -0.4 is 11.1 Å². The number of amides is 1. The molecule has 1 atom stereocenters. The molecule has 0 saturated carbocycles. The van der Waals surface area contributed by atoms with Crippen molar-refractivity contribution in [3.05, 3.63) is 24.3 Å². The predicted molar refractivity (Wildman–Crippen MR) is 57.7 cm³/mol. The van der Waals surface area contributed by atoms with Crippen LogP contribution in [0.5, 0.6) is 0 Å². The smallest absolute Gasteiger partial charge is 0.303 e. The summed E-state index contributed by atoms with van der Waals surface area (Å²) in [5.41, 5.74) is 5.64. The Morgan fingerprint density at radius 3 is 2.82 bits per heavy atom. The van der Waals surface area contributed by atoms with Crippen molar-refractivity contribution in [2.75, 3.05) is 5.32 Å². The molecule has 1 heterocycles. The van der Waals surface area contributed by atoms with Gasteiger partial charge < -0.3 is 16.2 Å². The minimum absolute atomic E-state index is 0.0178. The number of rotatable bonds is 5. The number of carbonyl (C=O) groups is 2. The Labute approximate surface area is 96.6 Å². The zero-order valence-electron chi connectivity index (χ0n) is 8.89. The molecule has 1 aromatic rings. The van der Waals surface area contributed by atoms with E-state index in [0.29, 0.717) is 0 Å². The second-order valence-corrected chi connectivity index (χ2v) is 3.42. The minimum Gasteiger partial charge on any atom is -0.481 e. The molecule has 17 heavy (non-hydrogen) atoms. The van der Waals surface area contributed by atoms with E-state index in [-0.39, 0.29) is 18.5 Å². The first kappa shape index (κ1) is 13.0. The third kappa shape index (κ3) is 4.56. The van der Waals surface area contributed by atoms with Gasteiger partial charge in [0.1, 0.15) is 5.82 Å². The van der Waals surface area contributed by atoms with Crippen LogP contribution in [0.4, 0.5) is 10.1 Å². The van der Waals surface area contributed by atoms with E-state index >= 15 is 0 Å². The highest BCUT2D eigenvalue weighted by Crippen LogP contribution is 2.07. The summed E-state index contributed by atoms with van der Waals surface area (Å²) in [5, 5.41) is 10.8. The van der Waals surface area contributed by atoms with Crippen LogP contribution in [-0.4, -0.2) is 28.0 Å². The molecule has 1 rings (SSSR count). The fraction of sp³-hybridized carbons (Fsp3) is 0.300. The third-order valence-corrected chi connectivity index (χ3v) is 1.98. The number of carbonyl (C=O) groups excluding carboxylic acids is 1. The van der Waals surface area contributed by atoms with Crippen molar-refractivity contribution in [1.29, 1.82) is 0 Å². The highest BCUT2D eigenvalue weighted by atomic mass is 19.1. The summed E-state index contributed by atoms with van der Waals surface area (Å²) in [6, 6.07) is 0.142. The van der Waals surface area contributed by atoms with Gasteiger partial charge in [-0.2, -0.15) is 0 Å². The van der Waals surface area contributed by atoms with E-state index in [1.165, 1.54) is 6.20 Å². The standard InChI is InChI=1S/C10H12FN3O3/c11-6-3-7(5-13-4-6)14-10(17)8(12)1-2-9(15)16/h3-5,8H,1-2,12H2,(H,14,17)(H,15,16). The predicted octanol–water partition coefficient (Wildman–Crippen LogP) is 0.351. The maximum atomic E-state index is 12.7. The van der Waals surface area contributed by atoms with E-state index < -0.39 is 23.7 Å². The van der Waals surface area contributed by atoms with E-state index in [4.69, 9.17) is 10.8 Å². The van der Waals surface area contributed by atoms with Crippen LogP contribution in [0.15, 0.2) is 18.5 Å². The van der Waals surface area contributed by atoms with Crippen LogP contribution in [0.3, 0.4) is 0 Å². The minimum atomic E-state index is -1.03. The van der Waals surface area contributed by atoms with Gasteiger partial charge in [0.25, 0.3) is 0 Å². The largest absolute Gasteiger partial charge is 0.481 e. The Kier molecular flexibility index (Phi) is 4.53. The number of nitrogens with zero attached hydrogens (tertiary/aromatic N) is 1. The topological polar surface area (TPSA) is 105 Å². The highest BCUT2D eigenvalue weighted by Gasteiger charge is 2.15. The molecule has 0 fully saturated rings. The van der Waals surface area contributed by atoms with Crippen molar-refractivity contribution in [3.63, 3.8) is 0 Å². The molecule has 92 valence electrons. The van der Waals surface area contributed by atoms with Gasteiger partial charge in [0.15, 0.2) is 0 Å². The van der Waals surface area contributed by atoms with Crippen molar-refractivity contribution >= 4 is 17.6 Å². The van der Waals surface area contributed by atoms with Crippen LogP contribution in [0, 0.1) is 5.82 Å². The number of halogens is 1. The molecule has 0 aliphatic rings. The lowest BCUT2D eigenvalue weighted by Crippen LogP contribution is -2.36. The molecule has 0 aromatic carbocycles. The molecule has 1 amide bonds. The molecule has 0 aliphatic heterocycles. The lowest BCUT2D eigenvalue weighted by Gasteiger charge is -2.10. The maximum absolute atomic E-state index is 12.7. The van der Waals surface area contributed by atoms with Gasteiger partial charge in [-0.1, -0.05) is 0 Å². The lowest BCUT2D eigenvalue weighted by molar-refractivity contribution is -0.137. The summed E-state index contributed by atoms with van der Waals surface area (Å²) in [4.78, 5) is 25.3. The van der Waals surface area contributed by atoms with Gasteiger partial charge >= 0.3 is 5.97 Å². The quantitative estimate of drug-likeness (QED) is 0.689. The SMILES string of the molecule is NC(CCC(=O)O)C(=O)Nc1cncc(F)c1. The number of aromatic nitrogens is 1. The molecule has 0 saturated heterocycles. The normalized spacial score (nSPS) is 11.9. The van der Waals surface area contributed by atoms with Gasteiger partial charge in [0.05, 0.1) is 24.1 Å². The maximum Gasteiger partial charge on any atom is 0.303 e. The molecule has 0 spiro atoms. The van der Waals surface area contributed by atoms with Crippen LogP contribution in [0.1, 0.15) is 12.8 Å². The number of hydrogen-bond acceptors (Lipinski definition) is 4. The van der Waals surface area contributed by atoms with Crippen LogP contribution >= 0.6 is 0 Å². The monoisotopic (exact) mass is 241 g/mol. The molecular formula is C10H12FN3O3. The molecule has 1 unspecified atom stereocenters. The lowest BCUT2D eigenvalue weighted by atomic mass is 10.1. The Bertz CT molecular complexity index is 425. The molecular weight excluding hydrogens is 229 g/mol. The average Bonchev–Trinajstić information content (AvgIpc) is 2.25. The fourth-order valence-corrected chi connectivity index (χ4v) is 1.13. The van der Waals surface area contributed by atoms with E-state index in [1.54, 1.807) is 0 Å². The van der Waals surface area contributed by atoms with Crippen LogP contribution in [0.2, 0.25) is 0 Å². The number of hydrogen-bond donors (Lipinski definition) is 3. The third-order valence-electron chi connectivity index (χ3n) is 1.98. The van der Waals surface area contributed by atoms with Gasteiger partial charge in [0, 0.05) is 12.5 Å². The summed E-state index contributed by atoms with van der Waals surface area (Å²) >= 11 is 0. The van der Waals surface area contributed by atoms with Crippen molar-refractivity contribution < 1.29 is 19.1 Å². The van der Waals surface area contributed by atoms with Crippen molar-refractivity contribution in [3.8, 4) is 0 Å². The zero-order chi connectivity index (χ0) is 12.8. The molecule has 6 nitrogen and oxygen atoms in total. The first-order valence-electron chi connectivity index (χ1n) is 4.88. The summed E-state index contributed by atoms with van der Waals surface area (Å²) < 4.78 is 12.7. The Balaban J connectivity index is 2.51. The van der Waals surface area contributed by atoms with Crippen molar-refractivity contribution in [1.82, 2.24) is 4.98 Å². The Morgan fingerprint density at radius 1 is 1.53 bits per heavy atom. The average molecular weight is 241 g/mol. The first-order valence-corrected chi connectivity index (χ1v) is 4.88. The number of carboxylic acids is 1. The summed E-state index contributed by atoms with van der Waals surface area (Å²) in [5.74, 6) is -2.18. The first-order chi connectivity index (χ1) is 7.99. The zero-order valence-corrected chi connectivity index (χ0v) is 8.89. The highest BCUT2D eigenvalue weighted by molar-refractivity contribution is 5.94. The van der Waals surface area contributed by atoms with Crippen molar-refractivity contribution in [2.45, 2.75) is 18.9 Å². The Morgan fingerprint density at radius 2 is 2.24 bits per heavy atom. The fourth-order valence-electron chi connectivity index (χ4n) is 1.13. The number of nitrogens with one attached hydrogen (secondary N) is 1. The summed E-state index contributed by atoms with van der Waals surface area (Å²) in [6.07, 6.45) is 2.09. The summed E-state index contributed by atoms with van der Waals surface area (Å²) in [6.45, 7) is 0. The van der Waals surface area contributed by atoms with Crippen molar-refractivity contribution in [2.24, 2.45) is 5.73 Å².